The van der Waals surface area contributed by atoms with Crippen LogP contribution in [0.5, 0.6) is 0 Å². The van der Waals surface area contributed by atoms with E-state index in [4.69, 9.17) is 0 Å². The zero-order valence-electron chi connectivity index (χ0n) is 13.8. The molecule has 2 aromatic rings. The van der Waals surface area contributed by atoms with Crippen LogP contribution in [0.2, 0.25) is 0 Å². The summed E-state index contributed by atoms with van der Waals surface area (Å²) in [6, 6.07) is 5.76. The second-order valence-corrected chi connectivity index (χ2v) is 7.41. The molecule has 0 bridgehead atoms. The predicted molar refractivity (Wildman–Crippen MR) is 95.7 cm³/mol. The first-order chi connectivity index (χ1) is 11.5. The molecule has 1 fully saturated rings. The second kappa shape index (κ2) is 6.93. The lowest BCUT2D eigenvalue weighted by Crippen LogP contribution is -2.47. The van der Waals surface area contributed by atoms with Crippen molar-refractivity contribution in [2.75, 3.05) is 13.1 Å². The van der Waals surface area contributed by atoms with E-state index < -0.39 is 0 Å². The third-order valence-electron chi connectivity index (χ3n) is 4.38. The molecule has 0 spiro atoms. The van der Waals surface area contributed by atoms with Crippen LogP contribution in [-0.2, 0) is 4.79 Å². The Hall–Kier alpha value is -1.89. The van der Waals surface area contributed by atoms with E-state index in [1.807, 2.05) is 36.9 Å². The Morgan fingerprint density at radius 2 is 2.04 bits per heavy atom. The summed E-state index contributed by atoms with van der Waals surface area (Å²) in [5.74, 6) is 0.0286. The number of carbonyl (C=O) groups excluding carboxylic acids is 2. The number of aromatic amines is 1. The van der Waals surface area contributed by atoms with Crippen molar-refractivity contribution in [2.45, 2.75) is 32.7 Å². The third kappa shape index (κ3) is 3.45. The maximum absolute atomic E-state index is 12.5. The number of nitrogens with one attached hydrogen (secondary N) is 2. The van der Waals surface area contributed by atoms with Crippen molar-refractivity contribution in [3.05, 3.63) is 28.4 Å². The molecule has 0 aliphatic carbocycles. The van der Waals surface area contributed by atoms with Crippen LogP contribution in [0.15, 0.2) is 22.7 Å². The molecule has 24 heavy (non-hydrogen) atoms. The Bertz CT molecular complexity index is 763. The number of halogens is 1. The van der Waals surface area contributed by atoms with Crippen molar-refractivity contribution in [1.82, 2.24) is 20.4 Å². The number of carbonyl (C=O) groups is 2. The molecular weight excluding hydrogens is 372 g/mol. The molecule has 7 heteroatoms. The normalized spacial score (nSPS) is 15.9. The van der Waals surface area contributed by atoms with Gasteiger partial charge in [0.2, 0.25) is 5.91 Å². The van der Waals surface area contributed by atoms with E-state index >= 15 is 0 Å². The summed E-state index contributed by atoms with van der Waals surface area (Å²) in [5.41, 5.74) is 1.24. The lowest BCUT2D eigenvalue weighted by Gasteiger charge is -2.33. The fourth-order valence-corrected chi connectivity index (χ4v) is 3.38. The molecule has 1 aliphatic rings. The van der Waals surface area contributed by atoms with Gasteiger partial charge in [0.1, 0.15) is 0 Å². The molecule has 3 rings (SSSR count). The highest BCUT2D eigenvalue weighted by Crippen LogP contribution is 2.21. The average molecular weight is 393 g/mol. The highest BCUT2D eigenvalue weighted by Gasteiger charge is 2.26. The predicted octanol–water partition coefficient (Wildman–Crippen LogP) is 2.70. The van der Waals surface area contributed by atoms with Gasteiger partial charge in [-0.25, -0.2) is 0 Å². The van der Waals surface area contributed by atoms with E-state index in [-0.39, 0.29) is 23.8 Å². The molecule has 0 atom stereocenters. The Morgan fingerprint density at radius 1 is 1.33 bits per heavy atom. The van der Waals surface area contributed by atoms with Gasteiger partial charge in [-0.05, 0) is 31.0 Å². The highest BCUT2D eigenvalue weighted by atomic mass is 79.9. The monoisotopic (exact) mass is 392 g/mol. The fraction of sp³-hybridized carbons (Fsp3) is 0.471. The maximum atomic E-state index is 12.5. The molecule has 6 nitrogen and oxygen atoms in total. The van der Waals surface area contributed by atoms with Crippen molar-refractivity contribution < 1.29 is 9.59 Å². The van der Waals surface area contributed by atoms with Crippen LogP contribution in [0.1, 0.15) is 37.2 Å². The number of aromatic nitrogens is 2. The van der Waals surface area contributed by atoms with E-state index in [0.717, 1.165) is 28.2 Å². The van der Waals surface area contributed by atoms with Crippen LogP contribution >= 0.6 is 15.9 Å². The molecule has 2 N–H and O–H groups in total. The van der Waals surface area contributed by atoms with Gasteiger partial charge in [-0.15, -0.1) is 0 Å². The largest absolute Gasteiger partial charge is 0.348 e. The lowest BCUT2D eigenvalue weighted by molar-refractivity contribution is -0.135. The van der Waals surface area contributed by atoms with Crippen molar-refractivity contribution in [1.29, 1.82) is 0 Å². The van der Waals surface area contributed by atoms with Crippen molar-refractivity contribution in [3.8, 4) is 0 Å². The van der Waals surface area contributed by atoms with Gasteiger partial charge >= 0.3 is 0 Å². The van der Waals surface area contributed by atoms with Crippen molar-refractivity contribution in [2.24, 2.45) is 5.92 Å². The Balaban J connectivity index is 1.63. The van der Waals surface area contributed by atoms with Crippen LogP contribution in [0.4, 0.5) is 0 Å². The minimum Gasteiger partial charge on any atom is -0.348 e. The standard InChI is InChI=1S/C17H21BrN4O2/c1-10(2)17(24)22-7-5-12(6-8-22)19-16(23)15-13-9-11(18)3-4-14(13)20-21-15/h3-4,9-10,12H,5-8H2,1-2H3,(H,19,23)(H,20,21). The zero-order chi connectivity index (χ0) is 17.3. The van der Waals surface area contributed by atoms with Gasteiger partial charge in [-0.3, -0.25) is 14.7 Å². The first-order valence-corrected chi connectivity index (χ1v) is 8.98. The average Bonchev–Trinajstić information content (AvgIpc) is 2.97. The minimum atomic E-state index is -0.173. The minimum absolute atomic E-state index is 0.0185. The highest BCUT2D eigenvalue weighted by molar-refractivity contribution is 9.10. The first kappa shape index (κ1) is 17.0. The van der Waals surface area contributed by atoms with E-state index in [1.54, 1.807) is 0 Å². The molecule has 0 saturated carbocycles. The Kier molecular flexibility index (Phi) is 4.89. The van der Waals surface area contributed by atoms with Crippen molar-refractivity contribution >= 4 is 38.6 Å². The van der Waals surface area contributed by atoms with Gasteiger partial charge in [0.15, 0.2) is 5.69 Å². The summed E-state index contributed by atoms with van der Waals surface area (Å²) in [5, 5.41) is 10.9. The number of hydrogen-bond donors (Lipinski definition) is 2. The lowest BCUT2D eigenvalue weighted by atomic mass is 10.0. The van der Waals surface area contributed by atoms with Gasteiger partial charge in [-0.2, -0.15) is 5.10 Å². The number of likely N-dealkylation sites (tertiary alicyclic amines) is 1. The zero-order valence-corrected chi connectivity index (χ0v) is 15.4. The molecule has 2 heterocycles. The molecule has 1 aromatic heterocycles. The fourth-order valence-electron chi connectivity index (χ4n) is 3.02. The number of hydrogen-bond acceptors (Lipinski definition) is 3. The molecule has 1 aliphatic heterocycles. The number of nitrogens with zero attached hydrogens (tertiary/aromatic N) is 2. The summed E-state index contributed by atoms with van der Waals surface area (Å²) in [7, 11) is 0. The number of amides is 2. The summed E-state index contributed by atoms with van der Waals surface area (Å²) < 4.78 is 0.908. The van der Waals surface area contributed by atoms with Crippen molar-refractivity contribution in [3.63, 3.8) is 0 Å². The quantitative estimate of drug-likeness (QED) is 0.842. The first-order valence-electron chi connectivity index (χ1n) is 8.19. The number of benzene rings is 1. The van der Waals surface area contributed by atoms with Crippen LogP contribution in [-0.4, -0.2) is 46.0 Å². The molecule has 0 unspecified atom stereocenters. The topological polar surface area (TPSA) is 78.1 Å². The van der Waals surface area contributed by atoms with E-state index in [0.29, 0.717) is 18.8 Å². The van der Waals surface area contributed by atoms with E-state index in [2.05, 4.69) is 31.4 Å². The van der Waals surface area contributed by atoms with E-state index in [9.17, 15) is 9.59 Å². The number of rotatable bonds is 3. The van der Waals surface area contributed by atoms with Gasteiger partial charge in [0.25, 0.3) is 5.91 Å². The van der Waals surface area contributed by atoms with Gasteiger partial charge in [0, 0.05) is 34.9 Å². The maximum Gasteiger partial charge on any atom is 0.272 e. The summed E-state index contributed by atoms with van der Waals surface area (Å²) >= 11 is 3.42. The molecule has 128 valence electrons. The Morgan fingerprint density at radius 3 is 2.71 bits per heavy atom. The molecule has 1 aromatic carbocycles. The molecular formula is C17H21BrN4O2. The molecule has 1 saturated heterocycles. The summed E-state index contributed by atoms with van der Waals surface area (Å²) in [6.45, 7) is 5.21. The summed E-state index contributed by atoms with van der Waals surface area (Å²) in [6.07, 6.45) is 1.55. The number of fused-ring (bicyclic) bond motifs is 1. The number of H-pyrrole nitrogens is 1. The van der Waals surface area contributed by atoms with Crippen LogP contribution in [0, 0.1) is 5.92 Å². The summed E-state index contributed by atoms with van der Waals surface area (Å²) in [4.78, 5) is 26.4. The van der Waals surface area contributed by atoms with Gasteiger partial charge in [0.05, 0.1) is 5.52 Å². The molecule has 2 amide bonds. The molecule has 0 radical (unpaired) electrons. The second-order valence-electron chi connectivity index (χ2n) is 6.49. The Labute approximate surface area is 149 Å². The van der Waals surface area contributed by atoms with Gasteiger partial charge in [-0.1, -0.05) is 29.8 Å². The smallest absolute Gasteiger partial charge is 0.272 e. The third-order valence-corrected chi connectivity index (χ3v) is 4.87. The van der Waals surface area contributed by atoms with E-state index in [1.165, 1.54) is 0 Å². The van der Waals surface area contributed by atoms with Crippen LogP contribution in [0.25, 0.3) is 10.9 Å². The SMILES string of the molecule is CC(C)C(=O)N1CCC(NC(=O)c2n[nH]c3ccc(Br)cc23)CC1. The van der Waals surface area contributed by atoms with Gasteiger partial charge < -0.3 is 10.2 Å². The van der Waals surface area contributed by atoms with Crippen LogP contribution < -0.4 is 5.32 Å². The van der Waals surface area contributed by atoms with Crippen LogP contribution in [0.3, 0.4) is 0 Å². The number of piperidine rings is 1.